The Labute approximate surface area is 92.2 Å². The van der Waals surface area contributed by atoms with Crippen LogP contribution in [0.3, 0.4) is 0 Å². The van der Waals surface area contributed by atoms with Gasteiger partial charge in [0.25, 0.3) is 0 Å². The number of nitrogens with one attached hydrogen (secondary N) is 1. The number of likely N-dealkylation sites (N-methyl/N-ethyl adjacent to an activating group) is 1. The van der Waals surface area contributed by atoms with E-state index < -0.39 is 6.04 Å². The molecule has 1 rings (SSSR count). The molecule has 0 aromatic heterocycles. The lowest BCUT2D eigenvalue weighted by molar-refractivity contribution is -0.122. The average Bonchev–Trinajstić information content (AvgIpc) is 2.63. The van der Waals surface area contributed by atoms with Gasteiger partial charge in [-0.15, -0.1) is 0 Å². The zero-order valence-corrected chi connectivity index (χ0v) is 10.0. The van der Waals surface area contributed by atoms with Crippen molar-refractivity contribution >= 4 is 5.91 Å². The summed E-state index contributed by atoms with van der Waals surface area (Å²) in [7, 11) is 4.17. The molecule has 88 valence electrons. The fourth-order valence-corrected chi connectivity index (χ4v) is 2.23. The highest BCUT2D eigenvalue weighted by Crippen LogP contribution is 2.32. The predicted molar refractivity (Wildman–Crippen MR) is 61.5 cm³/mol. The van der Waals surface area contributed by atoms with Crippen molar-refractivity contribution in [2.75, 3.05) is 20.6 Å². The first kappa shape index (κ1) is 12.5. The normalized spacial score (nSPS) is 21.7. The number of carbonyl (C=O) groups is 1. The third-order valence-electron chi connectivity index (χ3n) is 3.49. The topological polar surface area (TPSA) is 58.4 Å². The summed E-state index contributed by atoms with van der Waals surface area (Å²) in [5, 5.41) is 2.94. The van der Waals surface area contributed by atoms with Gasteiger partial charge in [0.15, 0.2) is 0 Å². The van der Waals surface area contributed by atoms with E-state index in [4.69, 9.17) is 5.73 Å². The van der Waals surface area contributed by atoms with Gasteiger partial charge in [0, 0.05) is 12.1 Å². The van der Waals surface area contributed by atoms with Crippen molar-refractivity contribution in [2.24, 2.45) is 5.73 Å². The Morgan fingerprint density at radius 2 is 2.00 bits per heavy atom. The lowest BCUT2D eigenvalue weighted by Crippen LogP contribution is -2.52. The van der Waals surface area contributed by atoms with Crippen molar-refractivity contribution in [2.45, 2.75) is 44.2 Å². The summed E-state index contributed by atoms with van der Waals surface area (Å²) < 4.78 is 0. The minimum atomic E-state index is -0.411. The molecule has 0 saturated heterocycles. The molecule has 0 aromatic rings. The van der Waals surface area contributed by atoms with Gasteiger partial charge in [-0.1, -0.05) is 12.8 Å². The number of rotatable bonds is 4. The maximum Gasteiger partial charge on any atom is 0.236 e. The van der Waals surface area contributed by atoms with Crippen molar-refractivity contribution in [3.8, 4) is 0 Å². The first-order chi connectivity index (χ1) is 6.98. The molecule has 0 unspecified atom stereocenters. The number of carbonyl (C=O) groups excluding carboxylic acids is 1. The Balaban J connectivity index is 2.50. The fourth-order valence-electron chi connectivity index (χ4n) is 2.23. The molecule has 1 aliphatic carbocycles. The zero-order valence-electron chi connectivity index (χ0n) is 10.0. The van der Waals surface area contributed by atoms with Gasteiger partial charge in [-0.3, -0.25) is 4.79 Å². The van der Waals surface area contributed by atoms with Crippen LogP contribution in [0.4, 0.5) is 0 Å². The van der Waals surface area contributed by atoms with Gasteiger partial charge >= 0.3 is 0 Å². The zero-order chi connectivity index (χ0) is 11.5. The van der Waals surface area contributed by atoms with Gasteiger partial charge in [0.2, 0.25) is 5.91 Å². The Bertz CT molecular complexity index is 220. The van der Waals surface area contributed by atoms with Crippen LogP contribution in [-0.2, 0) is 4.79 Å². The summed E-state index contributed by atoms with van der Waals surface area (Å²) in [4.78, 5) is 13.6. The van der Waals surface area contributed by atoms with Crippen LogP contribution in [-0.4, -0.2) is 43.0 Å². The molecule has 1 fully saturated rings. The van der Waals surface area contributed by atoms with Crippen molar-refractivity contribution < 1.29 is 4.79 Å². The molecule has 0 aliphatic heterocycles. The maximum absolute atomic E-state index is 11.4. The van der Waals surface area contributed by atoms with Crippen LogP contribution in [0.15, 0.2) is 0 Å². The standard InChI is InChI=1S/C11H23N3O/c1-9(12)10(15)13-8-11(14(2)3)6-4-5-7-11/h9H,4-8,12H2,1-3H3,(H,13,15)/t9-/m1/s1. The number of nitrogens with two attached hydrogens (primary N) is 1. The highest BCUT2D eigenvalue weighted by atomic mass is 16.2. The fraction of sp³-hybridized carbons (Fsp3) is 0.909. The monoisotopic (exact) mass is 213 g/mol. The molecule has 1 amide bonds. The summed E-state index contributed by atoms with van der Waals surface area (Å²) in [6.45, 7) is 2.44. The van der Waals surface area contributed by atoms with Crippen molar-refractivity contribution in [3.63, 3.8) is 0 Å². The molecular formula is C11H23N3O. The van der Waals surface area contributed by atoms with Gasteiger partial charge in [-0.05, 0) is 33.9 Å². The molecule has 0 spiro atoms. The van der Waals surface area contributed by atoms with E-state index in [1.807, 2.05) is 0 Å². The van der Waals surface area contributed by atoms with Crippen molar-refractivity contribution in [1.82, 2.24) is 10.2 Å². The molecule has 0 bridgehead atoms. The molecule has 0 radical (unpaired) electrons. The highest BCUT2D eigenvalue weighted by Gasteiger charge is 2.36. The predicted octanol–water partition coefficient (Wildman–Crippen LogP) is 0.324. The van der Waals surface area contributed by atoms with E-state index >= 15 is 0 Å². The molecule has 0 aromatic carbocycles. The second-order valence-electron chi connectivity index (χ2n) is 4.83. The van der Waals surface area contributed by atoms with Crippen molar-refractivity contribution in [3.05, 3.63) is 0 Å². The quantitative estimate of drug-likeness (QED) is 0.707. The number of nitrogens with zero attached hydrogens (tertiary/aromatic N) is 1. The molecule has 4 nitrogen and oxygen atoms in total. The van der Waals surface area contributed by atoms with Crippen molar-refractivity contribution in [1.29, 1.82) is 0 Å². The van der Waals surface area contributed by atoms with Gasteiger partial charge < -0.3 is 16.0 Å². The minimum Gasteiger partial charge on any atom is -0.353 e. The first-order valence-electron chi connectivity index (χ1n) is 5.69. The summed E-state index contributed by atoms with van der Waals surface area (Å²) in [5.41, 5.74) is 5.67. The lowest BCUT2D eigenvalue weighted by Gasteiger charge is -2.36. The van der Waals surface area contributed by atoms with Crippen LogP contribution < -0.4 is 11.1 Å². The van der Waals surface area contributed by atoms with Crippen LogP contribution in [0.1, 0.15) is 32.6 Å². The molecule has 1 atom stereocenters. The van der Waals surface area contributed by atoms with Gasteiger partial charge in [0.05, 0.1) is 6.04 Å². The second-order valence-corrected chi connectivity index (χ2v) is 4.83. The highest BCUT2D eigenvalue weighted by molar-refractivity contribution is 5.81. The van der Waals surface area contributed by atoms with E-state index in [2.05, 4.69) is 24.3 Å². The average molecular weight is 213 g/mol. The maximum atomic E-state index is 11.4. The van der Waals surface area contributed by atoms with E-state index in [0.717, 1.165) is 6.54 Å². The molecule has 1 saturated carbocycles. The van der Waals surface area contributed by atoms with E-state index in [1.54, 1.807) is 6.92 Å². The summed E-state index contributed by atoms with van der Waals surface area (Å²) in [6.07, 6.45) is 4.84. The third-order valence-corrected chi connectivity index (χ3v) is 3.49. The van der Waals surface area contributed by atoms with E-state index in [-0.39, 0.29) is 11.4 Å². The van der Waals surface area contributed by atoms with Gasteiger partial charge in [0.1, 0.15) is 0 Å². The number of amides is 1. The smallest absolute Gasteiger partial charge is 0.236 e. The number of hydrogen-bond acceptors (Lipinski definition) is 3. The SMILES string of the molecule is C[C@@H](N)C(=O)NCC1(N(C)C)CCCC1. The Kier molecular flexibility index (Phi) is 4.11. The van der Waals surface area contributed by atoms with Gasteiger partial charge in [-0.25, -0.2) is 0 Å². The van der Waals surface area contributed by atoms with Crippen LogP contribution in [0.5, 0.6) is 0 Å². The summed E-state index contributed by atoms with van der Waals surface area (Å²) in [5.74, 6) is -0.0527. The summed E-state index contributed by atoms with van der Waals surface area (Å²) >= 11 is 0. The van der Waals surface area contributed by atoms with Crippen LogP contribution >= 0.6 is 0 Å². The molecule has 4 heteroatoms. The largest absolute Gasteiger partial charge is 0.353 e. The van der Waals surface area contributed by atoms with Crippen LogP contribution in [0.25, 0.3) is 0 Å². The first-order valence-corrected chi connectivity index (χ1v) is 5.69. The van der Waals surface area contributed by atoms with Gasteiger partial charge in [-0.2, -0.15) is 0 Å². The second kappa shape index (κ2) is 4.94. The van der Waals surface area contributed by atoms with Crippen LogP contribution in [0, 0.1) is 0 Å². The molecule has 15 heavy (non-hydrogen) atoms. The lowest BCUT2D eigenvalue weighted by atomic mass is 9.96. The number of hydrogen-bond donors (Lipinski definition) is 2. The Morgan fingerprint density at radius 1 is 1.47 bits per heavy atom. The molecule has 0 heterocycles. The van der Waals surface area contributed by atoms with Crippen LogP contribution in [0.2, 0.25) is 0 Å². The molecule has 3 N–H and O–H groups in total. The van der Waals surface area contributed by atoms with E-state index in [9.17, 15) is 4.79 Å². The Hall–Kier alpha value is -0.610. The minimum absolute atomic E-state index is 0.0527. The Morgan fingerprint density at radius 3 is 2.40 bits per heavy atom. The van der Waals surface area contributed by atoms with E-state index in [1.165, 1.54) is 25.7 Å². The molecule has 1 aliphatic rings. The third kappa shape index (κ3) is 2.92. The molecular weight excluding hydrogens is 190 g/mol. The van der Waals surface area contributed by atoms with E-state index in [0.29, 0.717) is 0 Å². The summed E-state index contributed by atoms with van der Waals surface area (Å²) in [6, 6.07) is -0.411.